The van der Waals surface area contributed by atoms with Crippen molar-refractivity contribution in [1.29, 1.82) is 0 Å². The number of benzene rings is 2. The highest BCUT2D eigenvalue weighted by atomic mass is 16.5. The van der Waals surface area contributed by atoms with Crippen LogP contribution in [0.25, 0.3) is 10.9 Å². The Morgan fingerprint density at radius 3 is 2.77 bits per heavy atom. The van der Waals surface area contributed by atoms with Gasteiger partial charge in [0.25, 0.3) is 0 Å². The Labute approximate surface area is 175 Å². The van der Waals surface area contributed by atoms with E-state index in [1.54, 1.807) is 19.1 Å². The van der Waals surface area contributed by atoms with E-state index in [0.29, 0.717) is 37.0 Å². The van der Waals surface area contributed by atoms with E-state index >= 15 is 0 Å². The SMILES string of the molecule is COc1ccc(CNC(=O)N2CCC(Oc3ccc4ccccc4n3)C2)cc1OC. The Bertz CT molecular complexity index is 1040. The molecule has 0 radical (unpaired) electrons. The summed E-state index contributed by atoms with van der Waals surface area (Å²) in [5, 5.41) is 4.03. The first-order valence-electron chi connectivity index (χ1n) is 9.92. The molecule has 1 aliphatic heterocycles. The van der Waals surface area contributed by atoms with Crippen LogP contribution < -0.4 is 19.5 Å². The molecule has 1 saturated heterocycles. The van der Waals surface area contributed by atoms with E-state index in [1.807, 2.05) is 54.6 Å². The van der Waals surface area contributed by atoms with Crippen LogP contribution in [0, 0.1) is 0 Å². The molecule has 0 bridgehead atoms. The first-order valence-corrected chi connectivity index (χ1v) is 9.92. The lowest BCUT2D eigenvalue weighted by Crippen LogP contribution is -2.39. The highest BCUT2D eigenvalue weighted by Gasteiger charge is 2.27. The van der Waals surface area contributed by atoms with Crippen LogP contribution in [0.1, 0.15) is 12.0 Å². The predicted molar refractivity (Wildman–Crippen MR) is 114 cm³/mol. The third-order valence-electron chi connectivity index (χ3n) is 5.18. The Kier molecular flexibility index (Phi) is 5.88. The number of hydrogen-bond acceptors (Lipinski definition) is 5. The fraction of sp³-hybridized carbons (Fsp3) is 0.304. The smallest absolute Gasteiger partial charge is 0.317 e. The Morgan fingerprint density at radius 1 is 1.10 bits per heavy atom. The molecule has 0 spiro atoms. The number of nitrogens with zero attached hydrogens (tertiary/aromatic N) is 2. The highest BCUT2D eigenvalue weighted by Crippen LogP contribution is 2.27. The number of amides is 2. The van der Waals surface area contributed by atoms with Crippen LogP contribution in [0.2, 0.25) is 0 Å². The van der Waals surface area contributed by atoms with Gasteiger partial charge in [-0.1, -0.05) is 24.3 Å². The number of pyridine rings is 1. The average molecular weight is 407 g/mol. The molecule has 1 aliphatic rings. The number of carbonyl (C=O) groups is 1. The quantitative estimate of drug-likeness (QED) is 0.676. The van der Waals surface area contributed by atoms with Crippen molar-refractivity contribution in [3.8, 4) is 17.4 Å². The summed E-state index contributed by atoms with van der Waals surface area (Å²) in [5.74, 6) is 1.89. The molecule has 7 heteroatoms. The van der Waals surface area contributed by atoms with Crippen molar-refractivity contribution in [2.24, 2.45) is 0 Å². The van der Waals surface area contributed by atoms with Gasteiger partial charge in [-0.25, -0.2) is 9.78 Å². The van der Waals surface area contributed by atoms with E-state index in [9.17, 15) is 4.79 Å². The predicted octanol–water partition coefficient (Wildman–Crippen LogP) is 3.61. The summed E-state index contributed by atoms with van der Waals surface area (Å²) in [5.41, 5.74) is 1.84. The van der Waals surface area contributed by atoms with Crippen molar-refractivity contribution in [2.45, 2.75) is 19.1 Å². The number of rotatable bonds is 6. The number of nitrogens with one attached hydrogen (secondary N) is 1. The van der Waals surface area contributed by atoms with Gasteiger partial charge in [-0.3, -0.25) is 0 Å². The monoisotopic (exact) mass is 407 g/mol. The standard InChI is InChI=1S/C23H25N3O4/c1-28-20-9-7-16(13-21(20)29-2)14-24-23(27)26-12-11-18(15-26)30-22-10-8-17-5-3-4-6-19(17)25-22/h3-10,13,18H,11-12,14-15H2,1-2H3,(H,24,27). The maximum absolute atomic E-state index is 12.6. The third-order valence-corrected chi connectivity index (χ3v) is 5.18. The molecule has 1 unspecified atom stereocenters. The van der Waals surface area contributed by atoms with Crippen LogP contribution in [0.15, 0.2) is 54.6 Å². The lowest BCUT2D eigenvalue weighted by molar-refractivity contribution is 0.183. The van der Waals surface area contributed by atoms with Gasteiger partial charge in [0.1, 0.15) is 6.10 Å². The minimum atomic E-state index is -0.109. The van der Waals surface area contributed by atoms with Gasteiger partial charge in [-0.05, 0) is 29.8 Å². The second kappa shape index (κ2) is 8.90. The van der Waals surface area contributed by atoms with Gasteiger partial charge in [0.15, 0.2) is 11.5 Å². The number of urea groups is 1. The topological polar surface area (TPSA) is 72.9 Å². The molecule has 7 nitrogen and oxygen atoms in total. The van der Waals surface area contributed by atoms with Crippen molar-refractivity contribution in [2.75, 3.05) is 27.3 Å². The second-order valence-electron chi connectivity index (χ2n) is 7.16. The minimum Gasteiger partial charge on any atom is -0.493 e. The number of carbonyl (C=O) groups excluding carboxylic acids is 1. The molecular formula is C23H25N3O4. The summed E-state index contributed by atoms with van der Waals surface area (Å²) in [6.45, 7) is 1.59. The van der Waals surface area contributed by atoms with Crippen molar-refractivity contribution >= 4 is 16.9 Å². The molecule has 2 heterocycles. The summed E-state index contributed by atoms with van der Waals surface area (Å²) >= 11 is 0. The number of fused-ring (bicyclic) bond motifs is 1. The summed E-state index contributed by atoms with van der Waals surface area (Å²) in [6.07, 6.45) is 0.712. The van der Waals surface area contributed by atoms with Crippen LogP contribution in [0.3, 0.4) is 0 Å². The molecule has 0 saturated carbocycles. The number of para-hydroxylation sites is 1. The maximum atomic E-state index is 12.6. The van der Waals surface area contributed by atoms with E-state index in [0.717, 1.165) is 22.9 Å². The molecule has 3 aromatic rings. The Balaban J connectivity index is 1.31. The van der Waals surface area contributed by atoms with Crippen LogP contribution in [-0.2, 0) is 6.54 Å². The lowest BCUT2D eigenvalue weighted by atomic mass is 10.2. The zero-order chi connectivity index (χ0) is 20.9. The molecule has 156 valence electrons. The molecular weight excluding hydrogens is 382 g/mol. The number of hydrogen-bond donors (Lipinski definition) is 1. The Morgan fingerprint density at radius 2 is 1.93 bits per heavy atom. The van der Waals surface area contributed by atoms with Crippen molar-refractivity contribution < 1.29 is 19.0 Å². The maximum Gasteiger partial charge on any atom is 0.317 e. The number of ether oxygens (including phenoxy) is 3. The van der Waals surface area contributed by atoms with Crippen LogP contribution in [0.4, 0.5) is 4.79 Å². The van der Waals surface area contributed by atoms with Crippen molar-refractivity contribution in [1.82, 2.24) is 15.2 Å². The van der Waals surface area contributed by atoms with E-state index in [2.05, 4.69) is 10.3 Å². The van der Waals surface area contributed by atoms with Gasteiger partial charge in [0.2, 0.25) is 5.88 Å². The van der Waals surface area contributed by atoms with Crippen LogP contribution in [0.5, 0.6) is 17.4 Å². The molecule has 2 amide bonds. The molecule has 2 aromatic carbocycles. The normalized spacial score (nSPS) is 15.8. The largest absolute Gasteiger partial charge is 0.493 e. The summed E-state index contributed by atoms with van der Waals surface area (Å²) in [4.78, 5) is 18.9. The molecule has 1 N–H and O–H groups in total. The van der Waals surface area contributed by atoms with Crippen LogP contribution >= 0.6 is 0 Å². The molecule has 30 heavy (non-hydrogen) atoms. The molecule has 4 rings (SSSR count). The third kappa shape index (κ3) is 4.40. The molecule has 1 atom stereocenters. The zero-order valence-electron chi connectivity index (χ0n) is 17.1. The van der Waals surface area contributed by atoms with Gasteiger partial charge >= 0.3 is 6.03 Å². The molecule has 0 aliphatic carbocycles. The van der Waals surface area contributed by atoms with Crippen molar-refractivity contribution in [3.05, 3.63) is 60.2 Å². The lowest BCUT2D eigenvalue weighted by Gasteiger charge is -2.18. The summed E-state index contributed by atoms with van der Waals surface area (Å²) in [6, 6.07) is 17.3. The van der Waals surface area contributed by atoms with E-state index in [-0.39, 0.29) is 12.1 Å². The number of aromatic nitrogens is 1. The number of likely N-dealkylation sites (tertiary alicyclic amines) is 1. The van der Waals surface area contributed by atoms with E-state index in [4.69, 9.17) is 14.2 Å². The molecule has 1 fully saturated rings. The highest BCUT2D eigenvalue weighted by molar-refractivity contribution is 5.78. The van der Waals surface area contributed by atoms with Gasteiger partial charge in [-0.2, -0.15) is 0 Å². The first kappa shape index (κ1) is 19.8. The second-order valence-corrected chi connectivity index (χ2v) is 7.16. The number of methoxy groups -OCH3 is 2. The minimum absolute atomic E-state index is 0.0644. The fourth-order valence-electron chi connectivity index (χ4n) is 3.57. The van der Waals surface area contributed by atoms with Crippen molar-refractivity contribution in [3.63, 3.8) is 0 Å². The summed E-state index contributed by atoms with van der Waals surface area (Å²) in [7, 11) is 3.19. The van der Waals surface area contributed by atoms with Gasteiger partial charge < -0.3 is 24.4 Å². The zero-order valence-corrected chi connectivity index (χ0v) is 17.1. The van der Waals surface area contributed by atoms with E-state index < -0.39 is 0 Å². The van der Waals surface area contributed by atoms with Gasteiger partial charge in [0.05, 0.1) is 26.3 Å². The fourth-order valence-corrected chi connectivity index (χ4v) is 3.57. The van der Waals surface area contributed by atoms with E-state index in [1.165, 1.54) is 0 Å². The van der Waals surface area contributed by atoms with Gasteiger partial charge in [0, 0.05) is 31.0 Å². The average Bonchev–Trinajstić information content (AvgIpc) is 3.25. The first-order chi connectivity index (χ1) is 14.7. The molecule has 1 aromatic heterocycles. The Hall–Kier alpha value is -3.48. The van der Waals surface area contributed by atoms with Crippen LogP contribution in [-0.4, -0.2) is 49.3 Å². The van der Waals surface area contributed by atoms with Gasteiger partial charge in [-0.15, -0.1) is 0 Å². The summed E-state index contributed by atoms with van der Waals surface area (Å²) < 4.78 is 16.6.